The van der Waals surface area contributed by atoms with Gasteiger partial charge in [0.15, 0.2) is 12.1 Å². The van der Waals surface area contributed by atoms with E-state index in [2.05, 4.69) is 4.98 Å². The molecule has 1 rings (SSSR count). The first kappa shape index (κ1) is 12.2. The molecule has 0 saturated heterocycles. The van der Waals surface area contributed by atoms with E-state index in [-0.39, 0.29) is 18.7 Å². The number of esters is 1. The van der Waals surface area contributed by atoms with E-state index < -0.39 is 11.9 Å². The maximum atomic E-state index is 11.4. The standard InChI is InChI=1S/C10H13NO5/c1-2-15-10(14)9-7(16-6-11-9)4-3-5-8(12)13/h6H,2-5H2,1H3,(H,12,13). The zero-order chi connectivity index (χ0) is 12.0. The van der Waals surface area contributed by atoms with Gasteiger partial charge in [-0.1, -0.05) is 0 Å². The van der Waals surface area contributed by atoms with Crippen molar-refractivity contribution >= 4 is 11.9 Å². The lowest BCUT2D eigenvalue weighted by Crippen LogP contribution is -2.08. The Labute approximate surface area is 92.2 Å². The first-order valence-corrected chi connectivity index (χ1v) is 4.96. The van der Waals surface area contributed by atoms with Crippen LogP contribution in [0.3, 0.4) is 0 Å². The Hall–Kier alpha value is -1.85. The van der Waals surface area contributed by atoms with Crippen molar-refractivity contribution in [1.82, 2.24) is 4.98 Å². The second kappa shape index (κ2) is 5.89. The van der Waals surface area contributed by atoms with E-state index in [0.717, 1.165) is 6.39 Å². The Balaban J connectivity index is 2.56. The van der Waals surface area contributed by atoms with Crippen molar-refractivity contribution in [3.05, 3.63) is 17.8 Å². The van der Waals surface area contributed by atoms with Gasteiger partial charge in [0.1, 0.15) is 5.76 Å². The third kappa shape index (κ3) is 3.38. The van der Waals surface area contributed by atoms with Crippen molar-refractivity contribution < 1.29 is 23.8 Å². The number of rotatable bonds is 6. The summed E-state index contributed by atoms with van der Waals surface area (Å²) in [6, 6.07) is 0. The second-order valence-corrected chi connectivity index (χ2v) is 3.09. The number of carboxylic acids is 1. The molecule has 0 fully saturated rings. The summed E-state index contributed by atoms with van der Waals surface area (Å²) in [6.07, 6.45) is 1.95. The molecule has 88 valence electrons. The summed E-state index contributed by atoms with van der Waals surface area (Å²) in [7, 11) is 0. The monoisotopic (exact) mass is 227 g/mol. The average molecular weight is 227 g/mol. The zero-order valence-electron chi connectivity index (χ0n) is 8.93. The minimum Gasteiger partial charge on any atom is -0.481 e. The number of hydrogen-bond donors (Lipinski definition) is 1. The van der Waals surface area contributed by atoms with Gasteiger partial charge >= 0.3 is 11.9 Å². The predicted molar refractivity (Wildman–Crippen MR) is 53.0 cm³/mol. The lowest BCUT2D eigenvalue weighted by atomic mass is 10.2. The van der Waals surface area contributed by atoms with Crippen LogP contribution >= 0.6 is 0 Å². The summed E-state index contributed by atoms with van der Waals surface area (Å²) in [4.78, 5) is 25.4. The van der Waals surface area contributed by atoms with Gasteiger partial charge in [-0.15, -0.1) is 0 Å². The molecule has 1 heterocycles. The predicted octanol–water partition coefficient (Wildman–Crippen LogP) is 1.26. The lowest BCUT2D eigenvalue weighted by Gasteiger charge is -2.00. The lowest BCUT2D eigenvalue weighted by molar-refractivity contribution is -0.137. The smallest absolute Gasteiger partial charge is 0.360 e. The largest absolute Gasteiger partial charge is 0.481 e. The summed E-state index contributed by atoms with van der Waals surface area (Å²) < 4.78 is 9.79. The van der Waals surface area contributed by atoms with E-state index in [1.807, 2.05) is 0 Å². The summed E-state index contributed by atoms with van der Waals surface area (Å²) in [5, 5.41) is 8.47. The molecule has 0 aliphatic carbocycles. The van der Waals surface area contributed by atoms with E-state index >= 15 is 0 Å². The average Bonchev–Trinajstić information content (AvgIpc) is 2.66. The van der Waals surface area contributed by atoms with Crippen molar-refractivity contribution in [1.29, 1.82) is 0 Å². The van der Waals surface area contributed by atoms with Crippen molar-refractivity contribution in [2.45, 2.75) is 26.2 Å². The molecule has 1 N–H and O–H groups in total. The van der Waals surface area contributed by atoms with Gasteiger partial charge in [-0.25, -0.2) is 9.78 Å². The Morgan fingerprint density at radius 3 is 2.94 bits per heavy atom. The van der Waals surface area contributed by atoms with E-state index in [4.69, 9.17) is 14.3 Å². The summed E-state index contributed by atoms with van der Waals surface area (Å²) >= 11 is 0. The zero-order valence-corrected chi connectivity index (χ0v) is 8.93. The first-order valence-electron chi connectivity index (χ1n) is 4.96. The molecule has 0 radical (unpaired) electrons. The van der Waals surface area contributed by atoms with Crippen molar-refractivity contribution in [2.24, 2.45) is 0 Å². The van der Waals surface area contributed by atoms with Gasteiger partial charge in [0, 0.05) is 12.8 Å². The van der Waals surface area contributed by atoms with Crippen LogP contribution < -0.4 is 0 Å². The third-order valence-corrected chi connectivity index (χ3v) is 1.90. The summed E-state index contributed by atoms with van der Waals surface area (Å²) in [5.74, 6) is -1.04. The number of nitrogens with zero attached hydrogens (tertiary/aromatic N) is 1. The maximum Gasteiger partial charge on any atom is 0.360 e. The Morgan fingerprint density at radius 2 is 2.31 bits per heavy atom. The van der Waals surface area contributed by atoms with Gasteiger partial charge in [0.25, 0.3) is 0 Å². The minimum absolute atomic E-state index is 0.0307. The highest BCUT2D eigenvalue weighted by molar-refractivity contribution is 5.88. The number of aromatic nitrogens is 1. The Morgan fingerprint density at radius 1 is 1.56 bits per heavy atom. The fraction of sp³-hybridized carbons (Fsp3) is 0.500. The molecule has 0 atom stereocenters. The molecule has 16 heavy (non-hydrogen) atoms. The molecule has 0 spiro atoms. The highest BCUT2D eigenvalue weighted by atomic mass is 16.5. The van der Waals surface area contributed by atoms with E-state index in [0.29, 0.717) is 18.6 Å². The van der Waals surface area contributed by atoms with Crippen LogP contribution in [0.1, 0.15) is 36.0 Å². The summed E-state index contributed by atoms with van der Waals surface area (Å²) in [5.41, 5.74) is 0.132. The van der Waals surface area contributed by atoms with E-state index in [1.165, 1.54) is 0 Å². The van der Waals surface area contributed by atoms with Gasteiger partial charge in [-0.05, 0) is 13.3 Å². The molecule has 0 aliphatic heterocycles. The molecule has 0 aromatic carbocycles. The van der Waals surface area contributed by atoms with Crippen LogP contribution in [0.15, 0.2) is 10.8 Å². The van der Waals surface area contributed by atoms with Gasteiger partial charge in [0.2, 0.25) is 0 Å². The number of ether oxygens (including phenoxy) is 1. The van der Waals surface area contributed by atoms with E-state index in [1.54, 1.807) is 6.92 Å². The minimum atomic E-state index is -0.878. The van der Waals surface area contributed by atoms with Gasteiger partial charge in [0.05, 0.1) is 6.61 Å². The fourth-order valence-electron chi connectivity index (χ4n) is 1.21. The van der Waals surface area contributed by atoms with Crippen molar-refractivity contribution in [2.75, 3.05) is 6.61 Å². The Kier molecular flexibility index (Phi) is 4.50. The number of oxazole rings is 1. The van der Waals surface area contributed by atoms with Gasteiger partial charge < -0.3 is 14.3 Å². The molecular weight excluding hydrogens is 214 g/mol. The SMILES string of the molecule is CCOC(=O)c1ncoc1CCCC(=O)O. The van der Waals surface area contributed by atoms with Crippen LogP contribution in [-0.4, -0.2) is 28.6 Å². The van der Waals surface area contributed by atoms with Gasteiger partial charge in [-0.2, -0.15) is 0 Å². The van der Waals surface area contributed by atoms with Crippen molar-refractivity contribution in [3.63, 3.8) is 0 Å². The first-order chi connectivity index (χ1) is 7.65. The van der Waals surface area contributed by atoms with Crippen LogP contribution in [0.5, 0.6) is 0 Å². The second-order valence-electron chi connectivity index (χ2n) is 3.09. The normalized spacial score (nSPS) is 10.1. The molecule has 6 nitrogen and oxygen atoms in total. The highest BCUT2D eigenvalue weighted by Gasteiger charge is 2.17. The number of carbonyl (C=O) groups is 2. The number of aryl methyl sites for hydroxylation is 1. The molecule has 1 aromatic rings. The van der Waals surface area contributed by atoms with Crippen LogP contribution in [-0.2, 0) is 16.0 Å². The van der Waals surface area contributed by atoms with Crippen LogP contribution in [0.25, 0.3) is 0 Å². The quantitative estimate of drug-likeness (QED) is 0.736. The van der Waals surface area contributed by atoms with Gasteiger partial charge in [-0.3, -0.25) is 4.79 Å². The molecule has 0 aliphatic rings. The molecule has 0 bridgehead atoms. The molecule has 0 amide bonds. The van der Waals surface area contributed by atoms with E-state index in [9.17, 15) is 9.59 Å². The number of carbonyl (C=O) groups excluding carboxylic acids is 1. The fourth-order valence-corrected chi connectivity index (χ4v) is 1.21. The number of aliphatic carboxylic acids is 1. The molecule has 0 unspecified atom stereocenters. The van der Waals surface area contributed by atoms with Crippen LogP contribution in [0.4, 0.5) is 0 Å². The number of carboxylic acid groups (broad SMARTS) is 1. The van der Waals surface area contributed by atoms with Crippen LogP contribution in [0.2, 0.25) is 0 Å². The Bertz CT molecular complexity index is 371. The van der Waals surface area contributed by atoms with Crippen molar-refractivity contribution in [3.8, 4) is 0 Å². The summed E-state index contributed by atoms with van der Waals surface area (Å²) in [6.45, 7) is 1.96. The van der Waals surface area contributed by atoms with Crippen LogP contribution in [0, 0.1) is 0 Å². The number of hydrogen-bond acceptors (Lipinski definition) is 5. The molecule has 6 heteroatoms. The highest BCUT2D eigenvalue weighted by Crippen LogP contribution is 2.11. The maximum absolute atomic E-state index is 11.4. The topological polar surface area (TPSA) is 89.6 Å². The molecule has 0 saturated carbocycles. The molecular formula is C10H13NO5. The third-order valence-electron chi connectivity index (χ3n) is 1.90. The molecule has 1 aromatic heterocycles.